The van der Waals surface area contributed by atoms with Gasteiger partial charge in [-0.1, -0.05) is 6.92 Å². The Bertz CT molecular complexity index is 222. The molecule has 2 heterocycles. The summed E-state index contributed by atoms with van der Waals surface area (Å²) >= 11 is 0. The third-order valence-corrected chi connectivity index (χ3v) is 4.48. The van der Waals surface area contributed by atoms with Crippen molar-refractivity contribution in [2.75, 3.05) is 52.4 Å². The van der Waals surface area contributed by atoms with Crippen LogP contribution in [0, 0.1) is 5.92 Å². The van der Waals surface area contributed by atoms with E-state index in [0.29, 0.717) is 0 Å². The van der Waals surface area contributed by atoms with Crippen molar-refractivity contribution in [1.82, 2.24) is 14.7 Å². The summed E-state index contributed by atoms with van der Waals surface area (Å²) in [5.41, 5.74) is 0. The molecule has 0 saturated carbocycles. The van der Waals surface area contributed by atoms with E-state index in [1.165, 1.54) is 58.8 Å². The Hall–Kier alpha value is -0.120. The highest BCUT2D eigenvalue weighted by atomic mass is 15.3. The first kappa shape index (κ1) is 13.3. The van der Waals surface area contributed by atoms with Gasteiger partial charge in [0.15, 0.2) is 0 Å². The van der Waals surface area contributed by atoms with Crippen LogP contribution in [-0.4, -0.2) is 73.1 Å². The van der Waals surface area contributed by atoms with Crippen LogP contribution in [0.3, 0.4) is 0 Å². The molecule has 2 rings (SSSR count). The molecule has 3 heteroatoms. The monoisotopic (exact) mass is 239 g/mol. The molecule has 0 aromatic carbocycles. The fourth-order valence-corrected chi connectivity index (χ4v) is 3.13. The number of piperazine rings is 1. The molecule has 2 saturated heterocycles. The first-order chi connectivity index (χ1) is 8.19. The van der Waals surface area contributed by atoms with Gasteiger partial charge in [-0.05, 0) is 39.3 Å². The van der Waals surface area contributed by atoms with Gasteiger partial charge in [-0.2, -0.15) is 0 Å². The van der Waals surface area contributed by atoms with Crippen LogP contribution in [0.5, 0.6) is 0 Å². The van der Waals surface area contributed by atoms with Crippen LogP contribution < -0.4 is 0 Å². The summed E-state index contributed by atoms with van der Waals surface area (Å²) in [6.07, 6.45) is 1.41. The van der Waals surface area contributed by atoms with Crippen molar-refractivity contribution in [3.8, 4) is 0 Å². The minimum Gasteiger partial charge on any atom is -0.301 e. The molecule has 3 nitrogen and oxygen atoms in total. The molecule has 0 spiro atoms. The molecular weight excluding hydrogens is 210 g/mol. The van der Waals surface area contributed by atoms with E-state index in [-0.39, 0.29) is 0 Å². The second-order valence-electron chi connectivity index (χ2n) is 5.98. The van der Waals surface area contributed by atoms with Gasteiger partial charge in [0.2, 0.25) is 0 Å². The SMILES string of the molecule is CCN1CCN(C[C@@H]2CCN(C(C)C)C2)CC1. The highest BCUT2D eigenvalue weighted by molar-refractivity contribution is 4.81. The number of hydrogen-bond acceptors (Lipinski definition) is 3. The Morgan fingerprint density at radius 1 is 1.00 bits per heavy atom. The van der Waals surface area contributed by atoms with Crippen molar-refractivity contribution in [2.45, 2.75) is 33.2 Å². The van der Waals surface area contributed by atoms with E-state index in [9.17, 15) is 0 Å². The zero-order chi connectivity index (χ0) is 12.3. The lowest BCUT2D eigenvalue weighted by molar-refractivity contribution is 0.121. The van der Waals surface area contributed by atoms with Gasteiger partial charge < -0.3 is 14.7 Å². The van der Waals surface area contributed by atoms with Crippen LogP contribution in [-0.2, 0) is 0 Å². The molecule has 2 aliphatic heterocycles. The van der Waals surface area contributed by atoms with Crippen molar-refractivity contribution < 1.29 is 0 Å². The highest BCUT2D eigenvalue weighted by Crippen LogP contribution is 2.20. The van der Waals surface area contributed by atoms with Crippen LogP contribution in [0.1, 0.15) is 27.2 Å². The summed E-state index contributed by atoms with van der Waals surface area (Å²) in [5, 5.41) is 0. The predicted octanol–water partition coefficient (Wildman–Crippen LogP) is 1.35. The normalized spacial score (nSPS) is 29.3. The first-order valence-corrected chi connectivity index (χ1v) is 7.37. The predicted molar refractivity (Wildman–Crippen MR) is 73.4 cm³/mol. The summed E-state index contributed by atoms with van der Waals surface area (Å²) < 4.78 is 0. The fraction of sp³-hybridized carbons (Fsp3) is 1.00. The largest absolute Gasteiger partial charge is 0.301 e. The van der Waals surface area contributed by atoms with Crippen LogP contribution >= 0.6 is 0 Å². The molecule has 0 aromatic rings. The van der Waals surface area contributed by atoms with Crippen molar-refractivity contribution in [3.63, 3.8) is 0 Å². The van der Waals surface area contributed by atoms with Gasteiger partial charge in [0.1, 0.15) is 0 Å². The molecule has 0 amide bonds. The number of likely N-dealkylation sites (tertiary alicyclic amines) is 1. The lowest BCUT2D eigenvalue weighted by Gasteiger charge is -2.35. The molecule has 17 heavy (non-hydrogen) atoms. The number of rotatable bonds is 4. The Kier molecular flexibility index (Phi) is 4.83. The molecule has 0 N–H and O–H groups in total. The van der Waals surface area contributed by atoms with Crippen LogP contribution in [0.2, 0.25) is 0 Å². The number of nitrogens with zero attached hydrogens (tertiary/aromatic N) is 3. The van der Waals surface area contributed by atoms with Gasteiger partial charge in [-0.3, -0.25) is 0 Å². The van der Waals surface area contributed by atoms with Crippen LogP contribution in [0.15, 0.2) is 0 Å². The second-order valence-corrected chi connectivity index (χ2v) is 5.98. The van der Waals surface area contributed by atoms with Crippen LogP contribution in [0.25, 0.3) is 0 Å². The zero-order valence-electron chi connectivity index (χ0n) is 11.9. The summed E-state index contributed by atoms with van der Waals surface area (Å²) in [4.78, 5) is 7.87. The second kappa shape index (κ2) is 6.17. The fourth-order valence-electron chi connectivity index (χ4n) is 3.13. The summed E-state index contributed by atoms with van der Waals surface area (Å²) in [7, 11) is 0. The summed E-state index contributed by atoms with van der Waals surface area (Å²) in [5.74, 6) is 0.922. The van der Waals surface area contributed by atoms with Crippen molar-refractivity contribution in [3.05, 3.63) is 0 Å². The third kappa shape index (κ3) is 3.67. The average molecular weight is 239 g/mol. The molecule has 0 bridgehead atoms. The van der Waals surface area contributed by atoms with E-state index in [0.717, 1.165) is 12.0 Å². The average Bonchev–Trinajstić information content (AvgIpc) is 2.79. The molecule has 0 unspecified atom stereocenters. The Morgan fingerprint density at radius 2 is 1.65 bits per heavy atom. The smallest absolute Gasteiger partial charge is 0.0110 e. The molecule has 2 aliphatic rings. The number of hydrogen-bond donors (Lipinski definition) is 0. The van der Waals surface area contributed by atoms with E-state index < -0.39 is 0 Å². The minimum absolute atomic E-state index is 0.733. The van der Waals surface area contributed by atoms with E-state index in [2.05, 4.69) is 35.5 Å². The summed E-state index contributed by atoms with van der Waals surface area (Å²) in [6.45, 7) is 17.2. The zero-order valence-corrected chi connectivity index (χ0v) is 11.9. The summed E-state index contributed by atoms with van der Waals surface area (Å²) in [6, 6.07) is 0.733. The maximum Gasteiger partial charge on any atom is 0.0110 e. The lowest BCUT2D eigenvalue weighted by atomic mass is 10.1. The molecule has 100 valence electrons. The third-order valence-electron chi connectivity index (χ3n) is 4.48. The van der Waals surface area contributed by atoms with Gasteiger partial charge in [-0.15, -0.1) is 0 Å². The molecule has 0 radical (unpaired) electrons. The standard InChI is InChI=1S/C14H29N3/c1-4-15-7-9-16(10-8-15)11-14-5-6-17(12-14)13(2)3/h13-14H,4-12H2,1-3H3/t14-/m0/s1. The minimum atomic E-state index is 0.733. The van der Waals surface area contributed by atoms with Crippen molar-refractivity contribution >= 4 is 0 Å². The van der Waals surface area contributed by atoms with Crippen LogP contribution in [0.4, 0.5) is 0 Å². The quantitative estimate of drug-likeness (QED) is 0.733. The number of likely N-dealkylation sites (N-methyl/N-ethyl adjacent to an activating group) is 1. The lowest BCUT2D eigenvalue weighted by Crippen LogP contribution is -2.47. The van der Waals surface area contributed by atoms with E-state index in [1.807, 2.05) is 0 Å². The molecule has 0 aromatic heterocycles. The first-order valence-electron chi connectivity index (χ1n) is 7.37. The van der Waals surface area contributed by atoms with Gasteiger partial charge >= 0.3 is 0 Å². The van der Waals surface area contributed by atoms with Gasteiger partial charge in [0, 0.05) is 45.3 Å². The maximum atomic E-state index is 2.68. The maximum absolute atomic E-state index is 2.68. The van der Waals surface area contributed by atoms with E-state index in [4.69, 9.17) is 0 Å². The molecule has 1 atom stereocenters. The Labute approximate surface area is 107 Å². The van der Waals surface area contributed by atoms with E-state index >= 15 is 0 Å². The van der Waals surface area contributed by atoms with Crippen molar-refractivity contribution in [2.24, 2.45) is 5.92 Å². The van der Waals surface area contributed by atoms with Gasteiger partial charge in [0.25, 0.3) is 0 Å². The Morgan fingerprint density at radius 3 is 2.18 bits per heavy atom. The molecule has 0 aliphatic carbocycles. The Balaban J connectivity index is 1.69. The van der Waals surface area contributed by atoms with E-state index in [1.54, 1.807) is 0 Å². The van der Waals surface area contributed by atoms with Gasteiger partial charge in [0.05, 0.1) is 0 Å². The van der Waals surface area contributed by atoms with Gasteiger partial charge in [-0.25, -0.2) is 0 Å². The topological polar surface area (TPSA) is 9.72 Å². The van der Waals surface area contributed by atoms with Crippen molar-refractivity contribution in [1.29, 1.82) is 0 Å². The molecule has 2 fully saturated rings. The highest BCUT2D eigenvalue weighted by Gasteiger charge is 2.26. The molecular formula is C14H29N3.